The quantitative estimate of drug-likeness (QED) is 0.0726. The highest BCUT2D eigenvalue weighted by Crippen LogP contribution is 2.33. The van der Waals surface area contributed by atoms with Gasteiger partial charge in [0.25, 0.3) is 0 Å². The molecule has 4 fully saturated rings. The topological polar surface area (TPSA) is 372 Å². The summed E-state index contributed by atoms with van der Waals surface area (Å²) in [7, 11) is 0. The molecule has 0 aromatic heterocycles. The van der Waals surface area contributed by atoms with Crippen molar-refractivity contribution in [3.63, 3.8) is 0 Å². The summed E-state index contributed by atoms with van der Waals surface area (Å²) in [6.07, 6.45) is -30.8. The van der Waals surface area contributed by atoms with E-state index >= 15 is 0 Å². The van der Waals surface area contributed by atoms with Gasteiger partial charge in [-0.3, -0.25) is 14.4 Å². The third-order valence-electron chi connectivity index (χ3n) is 9.23. The number of nitrogens with one attached hydrogen (secondary N) is 2. The van der Waals surface area contributed by atoms with Gasteiger partial charge in [-0.2, -0.15) is 0 Å². The third kappa shape index (κ3) is 10.2. The van der Waals surface area contributed by atoms with E-state index in [1.807, 2.05) is 0 Å². The maximum absolute atomic E-state index is 11.9. The van der Waals surface area contributed by atoms with Crippen LogP contribution in [-0.4, -0.2) is 223 Å². The van der Waals surface area contributed by atoms with Gasteiger partial charge in [0, 0.05) is 20.8 Å². The van der Waals surface area contributed by atoms with Crippen LogP contribution in [0.25, 0.3) is 0 Å². The zero-order chi connectivity index (χ0) is 40.2. The van der Waals surface area contributed by atoms with Gasteiger partial charge in [0.15, 0.2) is 25.2 Å². The lowest BCUT2D eigenvalue weighted by Crippen LogP contribution is -2.67. The lowest BCUT2D eigenvalue weighted by molar-refractivity contribution is -0.349. The number of ether oxygens (including phenoxy) is 8. The number of amides is 2. The maximum Gasteiger partial charge on any atom is 0.302 e. The van der Waals surface area contributed by atoms with Crippen molar-refractivity contribution >= 4 is 17.8 Å². The minimum Gasteiger partial charge on any atom is -0.463 e. The molecule has 1 unspecified atom stereocenters. The molecule has 4 aliphatic heterocycles. The third-order valence-corrected chi connectivity index (χ3v) is 9.23. The van der Waals surface area contributed by atoms with Crippen molar-refractivity contribution in [2.45, 2.75) is 143 Å². The summed E-state index contributed by atoms with van der Waals surface area (Å²) in [5, 5.41) is 120. The summed E-state index contributed by atoms with van der Waals surface area (Å²) in [5.74, 6) is -2.14. The van der Waals surface area contributed by atoms with Crippen molar-refractivity contribution in [2.75, 3.05) is 26.4 Å². The van der Waals surface area contributed by atoms with Crippen molar-refractivity contribution in [1.29, 1.82) is 0 Å². The highest BCUT2D eigenvalue weighted by Gasteiger charge is 2.54. The second kappa shape index (κ2) is 19.2. The number of carbonyl (C=O) groups excluding carboxylic acids is 3. The first-order chi connectivity index (χ1) is 25.4. The Morgan fingerprint density at radius 3 is 1.76 bits per heavy atom. The predicted octanol–water partition coefficient (Wildman–Crippen LogP) is -8.89. The van der Waals surface area contributed by atoms with Crippen molar-refractivity contribution < 1.29 is 108 Å². The van der Waals surface area contributed by atoms with E-state index in [1.54, 1.807) is 0 Å². The van der Waals surface area contributed by atoms with Crippen molar-refractivity contribution in [2.24, 2.45) is 0 Å². The van der Waals surface area contributed by atoms with E-state index in [9.17, 15) is 70.6 Å². The molecule has 312 valence electrons. The molecule has 24 heteroatoms. The van der Waals surface area contributed by atoms with Gasteiger partial charge in [0.05, 0.1) is 19.8 Å². The van der Waals surface area contributed by atoms with Crippen molar-refractivity contribution in [3.8, 4) is 0 Å². The van der Waals surface area contributed by atoms with Crippen molar-refractivity contribution in [3.05, 3.63) is 0 Å². The second-order valence-electron chi connectivity index (χ2n) is 13.3. The molecule has 0 aromatic rings. The Kier molecular flexibility index (Phi) is 15.8. The number of rotatable bonds is 14. The van der Waals surface area contributed by atoms with E-state index in [-0.39, 0.29) is 0 Å². The molecule has 0 aromatic carbocycles. The first kappa shape index (κ1) is 44.4. The molecule has 54 heavy (non-hydrogen) atoms. The van der Waals surface area contributed by atoms with Crippen LogP contribution in [-0.2, 0) is 52.3 Å². The summed E-state index contributed by atoms with van der Waals surface area (Å²) in [6.45, 7) is 0.237. The Morgan fingerprint density at radius 1 is 0.611 bits per heavy atom. The van der Waals surface area contributed by atoms with Crippen LogP contribution in [0, 0.1) is 0 Å². The zero-order valence-electron chi connectivity index (χ0n) is 29.3. The largest absolute Gasteiger partial charge is 0.463 e. The Labute approximate surface area is 307 Å². The fourth-order valence-corrected chi connectivity index (χ4v) is 6.47. The van der Waals surface area contributed by atoms with Crippen LogP contribution in [0.2, 0.25) is 0 Å². The highest BCUT2D eigenvalue weighted by molar-refractivity contribution is 5.73. The summed E-state index contributed by atoms with van der Waals surface area (Å²) in [4.78, 5) is 35.3. The average molecular weight is 791 g/mol. The molecule has 4 saturated heterocycles. The Hall–Kier alpha value is -2.31. The lowest BCUT2D eigenvalue weighted by Gasteiger charge is -2.47. The SMILES string of the molecule is CC(=O)N[C@H]1[C@@H](O[C@@H]2[C@H](O)[C@@H](O)[C@H](OC[C@@H](O)[C@@H]3O[C@@H](O[C@H]4[C@@H](O)[C@@H](CO)OC(O)[C@@H]4NC(C)=O)[C@H](O)[C@H]3O)O[C@@H]2COC(C)=O)O[C@H](CO)[C@@H](O)[C@@H]1O. The fourth-order valence-electron chi connectivity index (χ4n) is 6.47. The molecule has 0 aliphatic carbocycles. The first-order valence-corrected chi connectivity index (χ1v) is 17.0. The Morgan fingerprint density at radius 2 is 1.17 bits per heavy atom. The van der Waals surface area contributed by atoms with Gasteiger partial charge in [-0.1, -0.05) is 0 Å². The highest BCUT2D eigenvalue weighted by atomic mass is 16.7. The molecule has 20 atom stereocenters. The maximum atomic E-state index is 11.9. The molecule has 0 bridgehead atoms. The normalized spacial score (nSPS) is 44.7. The van der Waals surface area contributed by atoms with Crippen LogP contribution < -0.4 is 10.6 Å². The molecular formula is C30H50N2O22. The standard InChI is InChI=1S/C30H50N2O22/c1-8(35)31-15-19(41)17(39)12(4-33)50-28(15)53-25-14(7-47-10(3)37)51-29(22(44)21(25)43)48-6-11(38)24-20(42)23(45)30(52-24)54-26-16(32-9(2)36)27(46)49-13(5-34)18(26)40/h11-30,33-34,38-46H,4-7H2,1-3H3,(H,31,35)(H,32,36)/t11-,12-,13-,14-,15-,16-,17-,18+,19-,20-,21-,22-,23-,24+,25+,26-,27?,28-,29-,30+/m1/s1. The van der Waals surface area contributed by atoms with E-state index < -0.39 is 167 Å². The number of esters is 1. The molecule has 24 nitrogen and oxygen atoms in total. The molecule has 4 rings (SSSR count). The first-order valence-electron chi connectivity index (χ1n) is 17.0. The molecule has 0 radical (unpaired) electrons. The van der Waals surface area contributed by atoms with Gasteiger partial charge < -0.3 is 105 Å². The van der Waals surface area contributed by atoms with E-state index in [0.717, 1.165) is 20.8 Å². The van der Waals surface area contributed by atoms with Gasteiger partial charge in [-0.25, -0.2) is 0 Å². The minimum atomic E-state index is -1.98. The van der Waals surface area contributed by atoms with E-state index in [1.165, 1.54) is 0 Å². The Bertz CT molecular complexity index is 1250. The molecule has 0 saturated carbocycles. The van der Waals surface area contributed by atoms with E-state index in [4.69, 9.17) is 37.9 Å². The van der Waals surface area contributed by atoms with Gasteiger partial charge >= 0.3 is 5.97 Å². The van der Waals surface area contributed by atoms with Gasteiger partial charge in [0.1, 0.15) is 104 Å². The minimum absolute atomic E-state index is 0.628. The number of aliphatic hydroxyl groups excluding tert-OH is 11. The van der Waals surface area contributed by atoms with Crippen molar-refractivity contribution in [1.82, 2.24) is 10.6 Å². The van der Waals surface area contributed by atoms with Crippen LogP contribution in [0.1, 0.15) is 20.8 Å². The fraction of sp³-hybridized carbons (Fsp3) is 0.900. The zero-order valence-corrected chi connectivity index (χ0v) is 29.3. The predicted molar refractivity (Wildman–Crippen MR) is 167 cm³/mol. The van der Waals surface area contributed by atoms with E-state index in [0.29, 0.717) is 0 Å². The molecule has 4 heterocycles. The molecular weight excluding hydrogens is 740 g/mol. The number of carbonyl (C=O) groups is 3. The number of hydrogen-bond donors (Lipinski definition) is 13. The van der Waals surface area contributed by atoms with Crippen LogP contribution >= 0.6 is 0 Å². The Balaban J connectivity index is 1.44. The average Bonchev–Trinajstić information content (AvgIpc) is 3.39. The molecule has 4 aliphatic rings. The molecule has 0 spiro atoms. The van der Waals surface area contributed by atoms with Crippen LogP contribution in [0.3, 0.4) is 0 Å². The lowest BCUT2D eigenvalue weighted by atomic mass is 9.95. The van der Waals surface area contributed by atoms with Crippen LogP contribution in [0.15, 0.2) is 0 Å². The summed E-state index contributed by atoms with van der Waals surface area (Å²) in [6, 6.07) is -2.89. The molecule has 2 amide bonds. The van der Waals surface area contributed by atoms with Gasteiger partial charge in [0.2, 0.25) is 11.8 Å². The van der Waals surface area contributed by atoms with E-state index in [2.05, 4.69) is 10.6 Å². The van der Waals surface area contributed by atoms with Gasteiger partial charge in [-0.05, 0) is 0 Å². The van der Waals surface area contributed by atoms with Crippen LogP contribution in [0.4, 0.5) is 0 Å². The smallest absolute Gasteiger partial charge is 0.302 e. The monoisotopic (exact) mass is 790 g/mol. The summed E-state index contributed by atoms with van der Waals surface area (Å²) >= 11 is 0. The summed E-state index contributed by atoms with van der Waals surface area (Å²) < 4.78 is 43.8. The van der Waals surface area contributed by atoms with Crippen LogP contribution in [0.5, 0.6) is 0 Å². The number of hydrogen-bond acceptors (Lipinski definition) is 22. The van der Waals surface area contributed by atoms with Gasteiger partial charge in [-0.15, -0.1) is 0 Å². The molecule has 13 N–H and O–H groups in total. The number of aliphatic hydroxyl groups is 11. The second-order valence-corrected chi connectivity index (χ2v) is 13.3. The summed E-state index contributed by atoms with van der Waals surface area (Å²) in [5.41, 5.74) is 0.